The Hall–Kier alpha value is -2.40. The van der Waals surface area contributed by atoms with Crippen LogP contribution < -0.4 is 4.74 Å². The first-order chi connectivity index (χ1) is 10.3. The highest BCUT2D eigenvalue weighted by atomic mass is 32.1. The second kappa shape index (κ2) is 5.93. The summed E-state index contributed by atoms with van der Waals surface area (Å²) in [6, 6.07) is 11.9. The Morgan fingerprint density at radius 1 is 1.29 bits per heavy atom. The summed E-state index contributed by atoms with van der Waals surface area (Å²) in [5.41, 5.74) is 3.10. The van der Waals surface area contributed by atoms with Crippen molar-refractivity contribution in [1.82, 2.24) is 4.98 Å². The summed E-state index contributed by atoms with van der Waals surface area (Å²) in [6.07, 6.45) is 1.79. The molecule has 2 aromatic carbocycles. The Labute approximate surface area is 126 Å². The van der Waals surface area contributed by atoms with E-state index >= 15 is 0 Å². The van der Waals surface area contributed by atoms with Crippen LogP contribution in [0.3, 0.4) is 0 Å². The van der Waals surface area contributed by atoms with Crippen LogP contribution in [-0.2, 0) is 6.61 Å². The second-order valence-corrected chi connectivity index (χ2v) is 5.58. The second-order valence-electron chi connectivity index (χ2n) is 4.61. The lowest BCUT2D eigenvalue weighted by molar-refractivity contribution is 0.309. The van der Waals surface area contributed by atoms with Crippen LogP contribution in [-0.4, -0.2) is 15.9 Å². The summed E-state index contributed by atoms with van der Waals surface area (Å²) in [4.78, 5) is 5.09. The van der Waals surface area contributed by atoms with Gasteiger partial charge in [0.15, 0.2) is 0 Å². The van der Waals surface area contributed by atoms with E-state index in [0.29, 0.717) is 12.3 Å². The molecule has 0 saturated heterocycles. The molecule has 3 rings (SSSR count). The number of oxime groups is 1. The number of aromatic nitrogens is 1. The smallest absolute Gasteiger partial charge is 0.136 e. The average Bonchev–Trinajstić information content (AvgIpc) is 3.05. The van der Waals surface area contributed by atoms with Gasteiger partial charge < -0.3 is 9.94 Å². The van der Waals surface area contributed by atoms with Gasteiger partial charge in [-0.05, 0) is 18.4 Å². The molecule has 0 atom stereocenters. The minimum Gasteiger partial charge on any atom is -0.487 e. The standard InChI is InChI=1S/C16H14N2O2S/c1-11(18-19)14-7-6-12-4-2-3-5-15(12)16(14)20-9-13-8-17-10-21-13/h2-8,10,19H,9H2,1H3/b18-11-. The van der Waals surface area contributed by atoms with E-state index in [1.165, 1.54) is 0 Å². The maximum atomic E-state index is 9.06. The predicted octanol–water partition coefficient (Wildman–Crippen LogP) is 4.07. The molecule has 0 bridgehead atoms. The molecule has 5 heteroatoms. The van der Waals surface area contributed by atoms with E-state index in [2.05, 4.69) is 10.1 Å². The van der Waals surface area contributed by atoms with Gasteiger partial charge in [0.25, 0.3) is 0 Å². The summed E-state index contributed by atoms with van der Waals surface area (Å²) in [5, 5.41) is 14.5. The molecule has 21 heavy (non-hydrogen) atoms. The van der Waals surface area contributed by atoms with Crippen molar-refractivity contribution in [1.29, 1.82) is 0 Å². The number of nitrogens with zero attached hydrogens (tertiary/aromatic N) is 2. The van der Waals surface area contributed by atoms with Crippen LogP contribution in [0.1, 0.15) is 17.4 Å². The van der Waals surface area contributed by atoms with E-state index in [1.54, 1.807) is 30.0 Å². The Kier molecular flexibility index (Phi) is 3.83. The van der Waals surface area contributed by atoms with Crippen molar-refractivity contribution < 1.29 is 9.94 Å². The van der Waals surface area contributed by atoms with Crippen LogP contribution in [0.5, 0.6) is 5.75 Å². The Balaban J connectivity index is 2.07. The molecule has 0 aliphatic carbocycles. The van der Waals surface area contributed by atoms with Gasteiger partial charge in [0.2, 0.25) is 0 Å². The monoisotopic (exact) mass is 298 g/mol. The molecule has 1 heterocycles. The lowest BCUT2D eigenvalue weighted by atomic mass is 10.0. The molecule has 0 spiro atoms. The molecule has 0 aliphatic heterocycles. The highest BCUT2D eigenvalue weighted by molar-refractivity contribution is 7.09. The largest absolute Gasteiger partial charge is 0.487 e. The number of thiazole rings is 1. The van der Waals surface area contributed by atoms with E-state index in [0.717, 1.165) is 27.0 Å². The van der Waals surface area contributed by atoms with Gasteiger partial charge >= 0.3 is 0 Å². The predicted molar refractivity (Wildman–Crippen MR) is 84.4 cm³/mol. The number of hydrogen-bond donors (Lipinski definition) is 1. The lowest BCUT2D eigenvalue weighted by Gasteiger charge is -2.13. The van der Waals surface area contributed by atoms with Crippen molar-refractivity contribution >= 4 is 27.8 Å². The molecule has 0 radical (unpaired) electrons. The Morgan fingerprint density at radius 3 is 2.90 bits per heavy atom. The van der Waals surface area contributed by atoms with Gasteiger partial charge in [-0.1, -0.05) is 35.5 Å². The first-order valence-corrected chi connectivity index (χ1v) is 7.38. The van der Waals surface area contributed by atoms with E-state index in [-0.39, 0.29) is 0 Å². The minimum atomic E-state index is 0.449. The van der Waals surface area contributed by atoms with Crippen LogP contribution >= 0.6 is 11.3 Å². The van der Waals surface area contributed by atoms with Crippen molar-refractivity contribution in [3.8, 4) is 5.75 Å². The first kappa shape index (κ1) is 13.6. The summed E-state index contributed by atoms with van der Waals surface area (Å²) in [5.74, 6) is 0.733. The fraction of sp³-hybridized carbons (Fsp3) is 0.125. The van der Waals surface area contributed by atoms with E-state index < -0.39 is 0 Å². The van der Waals surface area contributed by atoms with Crippen molar-refractivity contribution in [3.63, 3.8) is 0 Å². The third kappa shape index (κ3) is 2.73. The summed E-state index contributed by atoms with van der Waals surface area (Å²) in [7, 11) is 0. The van der Waals surface area contributed by atoms with Crippen molar-refractivity contribution in [3.05, 3.63) is 58.5 Å². The van der Waals surface area contributed by atoms with E-state index in [9.17, 15) is 0 Å². The molecule has 106 valence electrons. The number of benzene rings is 2. The first-order valence-electron chi connectivity index (χ1n) is 6.50. The quantitative estimate of drug-likeness (QED) is 0.449. The third-order valence-corrected chi connectivity index (χ3v) is 4.01. The zero-order valence-electron chi connectivity index (χ0n) is 11.5. The third-order valence-electron chi connectivity index (χ3n) is 3.26. The fourth-order valence-electron chi connectivity index (χ4n) is 2.19. The van der Waals surface area contributed by atoms with Crippen LogP contribution in [0, 0.1) is 0 Å². The molecule has 0 unspecified atom stereocenters. The van der Waals surface area contributed by atoms with Gasteiger partial charge in [0, 0.05) is 17.1 Å². The molecule has 0 aliphatic rings. The van der Waals surface area contributed by atoms with Gasteiger partial charge in [-0.3, -0.25) is 4.98 Å². The average molecular weight is 298 g/mol. The van der Waals surface area contributed by atoms with Gasteiger partial charge in [0.05, 0.1) is 16.1 Å². The molecule has 0 fully saturated rings. The van der Waals surface area contributed by atoms with Crippen molar-refractivity contribution in [2.45, 2.75) is 13.5 Å². The van der Waals surface area contributed by atoms with Crippen LogP contribution in [0.15, 0.2) is 53.3 Å². The van der Waals surface area contributed by atoms with Gasteiger partial charge in [-0.15, -0.1) is 11.3 Å². The molecule has 3 aromatic rings. The molecule has 0 saturated carbocycles. The van der Waals surface area contributed by atoms with Crippen LogP contribution in [0.4, 0.5) is 0 Å². The lowest BCUT2D eigenvalue weighted by Crippen LogP contribution is -2.02. The Bertz CT molecular complexity index is 782. The minimum absolute atomic E-state index is 0.449. The molecule has 4 nitrogen and oxygen atoms in total. The molecular formula is C16H14N2O2S. The zero-order chi connectivity index (χ0) is 14.7. The fourth-order valence-corrected chi connectivity index (χ4v) is 2.70. The zero-order valence-corrected chi connectivity index (χ0v) is 12.3. The highest BCUT2D eigenvalue weighted by Gasteiger charge is 2.12. The molecule has 0 amide bonds. The Morgan fingerprint density at radius 2 is 2.14 bits per heavy atom. The SMILES string of the molecule is C/C(=N/O)c1ccc2ccccc2c1OCc1cncs1. The normalized spacial score (nSPS) is 11.8. The number of ether oxygens (including phenoxy) is 1. The van der Waals surface area contributed by atoms with Crippen LogP contribution in [0.25, 0.3) is 10.8 Å². The molecular weight excluding hydrogens is 284 g/mol. The van der Waals surface area contributed by atoms with E-state index in [4.69, 9.17) is 9.94 Å². The maximum Gasteiger partial charge on any atom is 0.136 e. The molecule has 1 aromatic heterocycles. The van der Waals surface area contributed by atoms with Gasteiger partial charge in [-0.2, -0.15) is 0 Å². The van der Waals surface area contributed by atoms with Gasteiger partial charge in [0.1, 0.15) is 12.4 Å². The highest BCUT2D eigenvalue weighted by Crippen LogP contribution is 2.31. The molecule has 1 N–H and O–H groups in total. The maximum absolute atomic E-state index is 9.06. The number of hydrogen-bond acceptors (Lipinski definition) is 5. The van der Waals surface area contributed by atoms with Gasteiger partial charge in [-0.25, -0.2) is 0 Å². The summed E-state index contributed by atoms with van der Waals surface area (Å²) >= 11 is 1.55. The van der Waals surface area contributed by atoms with Crippen molar-refractivity contribution in [2.24, 2.45) is 5.16 Å². The summed E-state index contributed by atoms with van der Waals surface area (Å²) in [6.45, 7) is 2.20. The van der Waals surface area contributed by atoms with Crippen molar-refractivity contribution in [2.75, 3.05) is 0 Å². The topological polar surface area (TPSA) is 54.7 Å². The number of rotatable bonds is 4. The summed E-state index contributed by atoms with van der Waals surface area (Å²) < 4.78 is 6.00. The van der Waals surface area contributed by atoms with E-state index in [1.807, 2.05) is 36.4 Å². The van der Waals surface area contributed by atoms with Crippen LogP contribution in [0.2, 0.25) is 0 Å². The number of fused-ring (bicyclic) bond motifs is 1.